The molecule has 2 fully saturated rings. The van der Waals surface area contributed by atoms with E-state index in [9.17, 15) is 9.00 Å². The van der Waals surface area contributed by atoms with Crippen LogP contribution in [0.15, 0.2) is 35.2 Å². The van der Waals surface area contributed by atoms with Gasteiger partial charge in [0.1, 0.15) is 28.1 Å². The molecule has 1 spiro atoms. The Labute approximate surface area is 227 Å². The van der Waals surface area contributed by atoms with Crippen LogP contribution in [-0.4, -0.2) is 69.6 Å². The fraction of sp³-hybridized carbons (Fsp3) is 0.517. The van der Waals surface area contributed by atoms with E-state index >= 15 is 0 Å². The number of aromatic nitrogens is 2. The van der Waals surface area contributed by atoms with Crippen molar-refractivity contribution < 1.29 is 13.7 Å². The maximum absolute atomic E-state index is 13.6. The first-order valence-corrected chi connectivity index (χ1v) is 14.6. The maximum Gasteiger partial charge on any atom is 0.256 e. The molecule has 0 saturated carbocycles. The van der Waals surface area contributed by atoms with E-state index in [2.05, 4.69) is 10.3 Å². The molecule has 5 rings (SSSR count). The lowest BCUT2D eigenvalue weighted by atomic mass is 9.71. The molecule has 2 atom stereocenters. The van der Waals surface area contributed by atoms with Crippen molar-refractivity contribution in [2.45, 2.75) is 57.4 Å². The number of nitrogens with zero attached hydrogens (tertiary/aromatic N) is 3. The molecule has 0 aliphatic carbocycles. The van der Waals surface area contributed by atoms with Crippen LogP contribution in [-0.2, 0) is 11.0 Å². The van der Waals surface area contributed by atoms with E-state index in [1.807, 2.05) is 67.4 Å². The number of H-pyrrole nitrogens is 1. The molecular formula is C29H39N5O3S. The summed E-state index contributed by atoms with van der Waals surface area (Å²) in [5.41, 5.74) is 4.36. The van der Waals surface area contributed by atoms with Crippen molar-refractivity contribution in [3.05, 3.63) is 52.8 Å². The van der Waals surface area contributed by atoms with E-state index in [-0.39, 0.29) is 11.9 Å². The number of methoxy groups -OCH3 is 1. The minimum absolute atomic E-state index is 0.0477. The molecule has 204 valence electrons. The Morgan fingerprint density at radius 3 is 2.42 bits per heavy atom. The fourth-order valence-electron chi connectivity index (χ4n) is 6.00. The second-order valence-corrected chi connectivity index (χ2v) is 12.4. The number of benzene rings is 2. The quantitative estimate of drug-likeness (QED) is 0.483. The van der Waals surface area contributed by atoms with Crippen LogP contribution in [0.5, 0.6) is 5.75 Å². The second-order valence-electron chi connectivity index (χ2n) is 10.9. The van der Waals surface area contributed by atoms with E-state index in [1.165, 1.54) is 12.8 Å². The molecule has 0 bridgehead atoms. The molecule has 2 saturated heterocycles. The molecular weight excluding hydrogens is 498 g/mol. The van der Waals surface area contributed by atoms with Gasteiger partial charge in [0.25, 0.3) is 5.91 Å². The van der Waals surface area contributed by atoms with Gasteiger partial charge in [0.2, 0.25) is 0 Å². The van der Waals surface area contributed by atoms with Crippen molar-refractivity contribution in [2.75, 3.05) is 40.3 Å². The molecule has 2 unspecified atom stereocenters. The Morgan fingerprint density at radius 2 is 1.79 bits per heavy atom. The molecule has 9 heteroatoms. The highest BCUT2D eigenvalue weighted by atomic mass is 32.2. The van der Waals surface area contributed by atoms with Gasteiger partial charge in [-0.05, 0) is 100 Å². The smallest absolute Gasteiger partial charge is 0.256 e. The average Bonchev–Trinajstić information content (AvgIpc) is 3.37. The van der Waals surface area contributed by atoms with Crippen LogP contribution < -0.4 is 10.1 Å². The number of para-hydroxylation sites is 1. The molecule has 1 amide bonds. The lowest BCUT2D eigenvalue weighted by Gasteiger charge is -2.44. The van der Waals surface area contributed by atoms with Gasteiger partial charge in [-0.3, -0.25) is 4.79 Å². The summed E-state index contributed by atoms with van der Waals surface area (Å²) in [5, 5.41) is 3.46. The number of piperidine rings is 2. The molecule has 38 heavy (non-hydrogen) atoms. The summed E-state index contributed by atoms with van der Waals surface area (Å²) in [7, 11) is 2.08. The van der Waals surface area contributed by atoms with Gasteiger partial charge in [-0.2, -0.15) is 0 Å². The van der Waals surface area contributed by atoms with Crippen LogP contribution in [0.2, 0.25) is 0 Å². The van der Waals surface area contributed by atoms with Gasteiger partial charge >= 0.3 is 0 Å². The summed E-state index contributed by atoms with van der Waals surface area (Å²) in [5.74, 6) is 1.49. The fourth-order valence-corrected chi connectivity index (χ4v) is 7.34. The van der Waals surface area contributed by atoms with Gasteiger partial charge in [-0.15, -0.1) is 0 Å². The van der Waals surface area contributed by atoms with Crippen LogP contribution in [0.25, 0.3) is 11.0 Å². The lowest BCUT2D eigenvalue weighted by molar-refractivity contribution is 0.0497. The highest BCUT2D eigenvalue weighted by molar-refractivity contribution is 7.82. The van der Waals surface area contributed by atoms with E-state index in [1.54, 1.807) is 7.11 Å². The Hall–Kier alpha value is -2.75. The zero-order chi connectivity index (χ0) is 27.0. The number of nitrogens with one attached hydrogen (secondary N) is 2. The molecule has 3 aromatic rings. The minimum Gasteiger partial charge on any atom is -0.497 e. The number of ether oxygens (including phenoxy) is 1. The zero-order valence-corrected chi connectivity index (χ0v) is 23.9. The van der Waals surface area contributed by atoms with Crippen molar-refractivity contribution in [1.29, 1.82) is 0 Å². The lowest BCUT2D eigenvalue weighted by Crippen LogP contribution is -2.47. The third-order valence-electron chi connectivity index (χ3n) is 8.58. The van der Waals surface area contributed by atoms with Gasteiger partial charge in [0, 0.05) is 20.1 Å². The van der Waals surface area contributed by atoms with Crippen LogP contribution in [0.4, 0.5) is 0 Å². The Balaban J connectivity index is 1.35. The predicted molar refractivity (Wildman–Crippen MR) is 151 cm³/mol. The van der Waals surface area contributed by atoms with Gasteiger partial charge in [0.15, 0.2) is 0 Å². The monoisotopic (exact) mass is 537 g/mol. The van der Waals surface area contributed by atoms with Gasteiger partial charge < -0.3 is 19.9 Å². The first kappa shape index (κ1) is 26.8. The molecule has 2 aromatic carbocycles. The molecule has 0 radical (unpaired) electrons. The average molecular weight is 538 g/mol. The summed E-state index contributed by atoms with van der Waals surface area (Å²) >= 11 is 0. The van der Waals surface area contributed by atoms with E-state index in [0.29, 0.717) is 22.3 Å². The van der Waals surface area contributed by atoms with Crippen LogP contribution >= 0.6 is 0 Å². The first-order valence-electron chi connectivity index (χ1n) is 13.5. The van der Waals surface area contributed by atoms with Gasteiger partial charge in [-0.1, -0.05) is 6.07 Å². The summed E-state index contributed by atoms with van der Waals surface area (Å²) in [6, 6.07) is 9.29. The highest BCUT2D eigenvalue weighted by Gasteiger charge is 2.37. The largest absolute Gasteiger partial charge is 0.497 e. The van der Waals surface area contributed by atoms with Gasteiger partial charge in [0.05, 0.1) is 29.1 Å². The Morgan fingerprint density at radius 1 is 1.13 bits per heavy atom. The molecule has 2 N–H and O–H groups in total. The van der Waals surface area contributed by atoms with Crippen molar-refractivity contribution in [1.82, 2.24) is 24.5 Å². The standard InChI is InChI=1S/C29H39N5O3S/c1-19-17-22(37-5)18-20(2)26(19)38(36)33(4)21(3)27-31-24-8-6-7-23(25(24)32-27)28(35)34-15-11-29(12-16-34)9-13-30-14-10-29/h6-8,17-18,21,30H,9-16H2,1-5H3,(H,31,32). The van der Waals surface area contributed by atoms with E-state index < -0.39 is 11.0 Å². The maximum atomic E-state index is 13.6. The molecule has 8 nitrogen and oxygen atoms in total. The number of hydrogen-bond donors (Lipinski definition) is 2. The number of aromatic amines is 1. The molecule has 3 heterocycles. The van der Waals surface area contributed by atoms with Crippen molar-refractivity contribution in [3.63, 3.8) is 0 Å². The summed E-state index contributed by atoms with van der Waals surface area (Å²) in [6.45, 7) is 9.64. The molecule has 2 aliphatic rings. The zero-order valence-electron chi connectivity index (χ0n) is 23.1. The molecule has 2 aliphatic heterocycles. The van der Waals surface area contributed by atoms with Crippen molar-refractivity contribution in [3.8, 4) is 5.75 Å². The number of fused-ring (bicyclic) bond motifs is 1. The van der Waals surface area contributed by atoms with E-state index in [4.69, 9.17) is 9.72 Å². The number of hydrogen-bond acceptors (Lipinski definition) is 5. The number of amides is 1. The number of carbonyl (C=O) groups excluding carboxylic acids is 1. The summed E-state index contributed by atoms with van der Waals surface area (Å²) in [4.78, 5) is 24.7. The van der Waals surface area contributed by atoms with Crippen LogP contribution in [0.1, 0.15) is 66.0 Å². The normalized spacial score (nSPS) is 19.2. The summed E-state index contributed by atoms with van der Waals surface area (Å²) in [6.07, 6.45) is 4.55. The van der Waals surface area contributed by atoms with Crippen LogP contribution in [0, 0.1) is 19.3 Å². The van der Waals surface area contributed by atoms with Crippen molar-refractivity contribution >= 4 is 27.9 Å². The third-order valence-corrected chi connectivity index (χ3v) is 10.4. The van der Waals surface area contributed by atoms with E-state index in [0.717, 1.165) is 66.3 Å². The van der Waals surface area contributed by atoms with Crippen molar-refractivity contribution in [2.24, 2.45) is 5.41 Å². The van der Waals surface area contributed by atoms with Gasteiger partial charge in [-0.25, -0.2) is 13.5 Å². The van der Waals surface area contributed by atoms with Crippen LogP contribution in [0.3, 0.4) is 0 Å². The second kappa shape index (κ2) is 10.8. The summed E-state index contributed by atoms with van der Waals surface area (Å²) < 4.78 is 20.8. The minimum atomic E-state index is -1.40. The number of aryl methyl sites for hydroxylation is 2. The number of carbonyl (C=O) groups is 1. The molecule has 1 aromatic heterocycles. The SMILES string of the molecule is COc1cc(C)c(S(=O)N(C)C(C)c2nc3c(C(=O)N4CCC5(CCNCC5)CC4)cccc3[nH]2)c(C)c1. The Kier molecular flexibility index (Phi) is 7.62. The Bertz CT molecular complexity index is 1330. The first-order chi connectivity index (χ1) is 18.2. The highest BCUT2D eigenvalue weighted by Crippen LogP contribution is 2.40. The predicted octanol–water partition coefficient (Wildman–Crippen LogP) is 4.51. The topological polar surface area (TPSA) is 90.6 Å². The number of imidazole rings is 1. The number of likely N-dealkylation sites (tertiary alicyclic amines) is 1. The number of rotatable bonds is 6. The third kappa shape index (κ3) is 4.99.